The number of aryl methyl sites for hydroxylation is 1. The first-order chi connectivity index (χ1) is 14.0. The maximum atomic E-state index is 12.6. The molecule has 1 amide bonds. The lowest BCUT2D eigenvalue weighted by Crippen LogP contribution is -2.32. The molecule has 29 heavy (non-hydrogen) atoms. The summed E-state index contributed by atoms with van der Waals surface area (Å²) in [4.78, 5) is 12.8. The first-order valence-corrected chi connectivity index (χ1v) is 11.6. The van der Waals surface area contributed by atoms with Crippen LogP contribution in [0.15, 0.2) is 53.4 Å². The fourth-order valence-electron chi connectivity index (χ4n) is 3.92. The van der Waals surface area contributed by atoms with Crippen molar-refractivity contribution in [3.8, 4) is 5.75 Å². The number of hydrogen-bond donors (Lipinski definition) is 1. The van der Waals surface area contributed by atoms with E-state index in [1.54, 1.807) is 28.6 Å². The Morgan fingerprint density at radius 2 is 1.79 bits per heavy atom. The predicted molar refractivity (Wildman–Crippen MR) is 110 cm³/mol. The molecule has 2 heterocycles. The molecule has 1 unspecified atom stereocenters. The Balaban J connectivity index is 1.33. The van der Waals surface area contributed by atoms with Gasteiger partial charge in [-0.3, -0.25) is 4.79 Å². The molecule has 0 saturated carbocycles. The van der Waals surface area contributed by atoms with E-state index >= 15 is 0 Å². The maximum absolute atomic E-state index is 12.6. The van der Waals surface area contributed by atoms with Crippen molar-refractivity contribution in [2.24, 2.45) is 0 Å². The van der Waals surface area contributed by atoms with Crippen molar-refractivity contribution in [1.29, 1.82) is 0 Å². The van der Waals surface area contributed by atoms with E-state index < -0.39 is 10.0 Å². The second-order valence-corrected chi connectivity index (χ2v) is 9.49. The molecule has 7 heteroatoms. The molecule has 0 bridgehead atoms. The van der Waals surface area contributed by atoms with Gasteiger partial charge in [0.1, 0.15) is 5.75 Å². The van der Waals surface area contributed by atoms with Crippen LogP contribution >= 0.6 is 0 Å². The minimum absolute atomic E-state index is 0.0135. The quantitative estimate of drug-likeness (QED) is 0.788. The van der Waals surface area contributed by atoms with Gasteiger partial charge in [-0.15, -0.1) is 0 Å². The molecule has 154 valence electrons. The van der Waals surface area contributed by atoms with E-state index in [2.05, 4.69) is 5.32 Å². The Kier molecular flexibility index (Phi) is 5.87. The molecule has 6 nitrogen and oxygen atoms in total. The van der Waals surface area contributed by atoms with Gasteiger partial charge < -0.3 is 10.1 Å². The molecule has 4 rings (SSSR count). The van der Waals surface area contributed by atoms with E-state index in [1.807, 2.05) is 24.3 Å². The number of rotatable bonds is 6. The van der Waals surface area contributed by atoms with Crippen molar-refractivity contribution in [2.75, 3.05) is 19.7 Å². The van der Waals surface area contributed by atoms with E-state index in [4.69, 9.17) is 4.74 Å². The number of para-hydroxylation sites is 1. The van der Waals surface area contributed by atoms with Crippen LogP contribution in [0.25, 0.3) is 0 Å². The lowest BCUT2D eigenvalue weighted by molar-refractivity contribution is -0.122. The van der Waals surface area contributed by atoms with Gasteiger partial charge in [0.15, 0.2) is 0 Å². The largest absolute Gasteiger partial charge is 0.493 e. The fourth-order valence-corrected chi connectivity index (χ4v) is 5.44. The van der Waals surface area contributed by atoms with Gasteiger partial charge in [0, 0.05) is 31.5 Å². The van der Waals surface area contributed by atoms with E-state index in [-0.39, 0.29) is 11.9 Å². The minimum atomic E-state index is -3.39. The number of nitrogens with zero attached hydrogens (tertiary/aromatic N) is 1. The van der Waals surface area contributed by atoms with Crippen LogP contribution < -0.4 is 10.1 Å². The summed E-state index contributed by atoms with van der Waals surface area (Å²) in [7, 11) is -3.39. The lowest BCUT2D eigenvalue weighted by atomic mass is 10.00. The summed E-state index contributed by atoms with van der Waals surface area (Å²) in [6, 6.07) is 14.7. The van der Waals surface area contributed by atoms with E-state index in [1.165, 1.54) is 0 Å². The van der Waals surface area contributed by atoms with Crippen molar-refractivity contribution in [3.63, 3.8) is 0 Å². The molecular weight excluding hydrogens is 388 g/mol. The smallest absolute Gasteiger partial charge is 0.243 e. The van der Waals surface area contributed by atoms with Crippen LogP contribution in [0.2, 0.25) is 0 Å². The maximum Gasteiger partial charge on any atom is 0.243 e. The molecule has 0 radical (unpaired) electrons. The number of carbonyl (C=O) groups is 1. The van der Waals surface area contributed by atoms with E-state index in [0.29, 0.717) is 37.4 Å². The first-order valence-electron chi connectivity index (χ1n) is 10.1. The topological polar surface area (TPSA) is 75.7 Å². The van der Waals surface area contributed by atoms with Gasteiger partial charge in [0.25, 0.3) is 0 Å². The fraction of sp³-hybridized carbons (Fsp3) is 0.409. The SMILES string of the molecule is O=C(CCc1ccc(S(=O)(=O)N2CCCC2)cc1)NC1CCOc2ccccc21. The van der Waals surface area contributed by atoms with Crippen LogP contribution in [0, 0.1) is 0 Å². The van der Waals surface area contributed by atoms with Gasteiger partial charge in [-0.05, 0) is 43.0 Å². The summed E-state index contributed by atoms with van der Waals surface area (Å²) < 4.78 is 32.4. The number of carbonyl (C=O) groups excluding carboxylic acids is 1. The van der Waals surface area contributed by atoms with Crippen LogP contribution in [0.1, 0.15) is 42.9 Å². The molecule has 0 aliphatic carbocycles. The average molecular weight is 415 g/mol. The highest BCUT2D eigenvalue weighted by Gasteiger charge is 2.27. The van der Waals surface area contributed by atoms with Crippen molar-refractivity contribution >= 4 is 15.9 Å². The summed E-state index contributed by atoms with van der Waals surface area (Å²) in [5.74, 6) is 0.819. The number of benzene rings is 2. The van der Waals surface area contributed by atoms with Crippen molar-refractivity contribution in [2.45, 2.75) is 43.0 Å². The zero-order chi connectivity index (χ0) is 20.3. The van der Waals surface area contributed by atoms with Gasteiger partial charge >= 0.3 is 0 Å². The van der Waals surface area contributed by atoms with Gasteiger partial charge in [-0.1, -0.05) is 30.3 Å². The summed E-state index contributed by atoms with van der Waals surface area (Å²) in [6.07, 6.45) is 3.53. The molecule has 2 aromatic rings. The van der Waals surface area contributed by atoms with Crippen molar-refractivity contribution < 1.29 is 17.9 Å². The molecule has 1 fully saturated rings. The zero-order valence-electron chi connectivity index (χ0n) is 16.3. The number of nitrogens with one attached hydrogen (secondary N) is 1. The zero-order valence-corrected chi connectivity index (χ0v) is 17.2. The third kappa shape index (κ3) is 4.46. The van der Waals surface area contributed by atoms with Gasteiger partial charge in [0.05, 0.1) is 17.5 Å². The number of hydrogen-bond acceptors (Lipinski definition) is 4. The standard InChI is InChI=1S/C22H26N2O4S/c25-22(23-20-13-16-28-21-6-2-1-5-19(20)21)12-9-17-7-10-18(11-8-17)29(26,27)24-14-3-4-15-24/h1-2,5-8,10-11,20H,3-4,9,12-16H2,(H,23,25). The Morgan fingerprint density at radius 3 is 2.55 bits per heavy atom. The number of ether oxygens (including phenoxy) is 1. The molecule has 2 aromatic carbocycles. The monoisotopic (exact) mass is 414 g/mol. The molecule has 1 N–H and O–H groups in total. The van der Waals surface area contributed by atoms with E-state index in [9.17, 15) is 13.2 Å². The van der Waals surface area contributed by atoms with Crippen LogP contribution in [0.5, 0.6) is 5.75 Å². The normalized spacial score (nSPS) is 19.4. The Morgan fingerprint density at radius 1 is 1.07 bits per heavy atom. The highest BCUT2D eigenvalue weighted by atomic mass is 32.2. The predicted octanol–water partition coefficient (Wildman–Crippen LogP) is 3.04. The van der Waals surface area contributed by atoms with Crippen molar-refractivity contribution in [3.05, 3.63) is 59.7 Å². The average Bonchev–Trinajstić information content (AvgIpc) is 3.29. The number of amides is 1. The number of fused-ring (bicyclic) bond motifs is 1. The molecule has 2 aliphatic rings. The van der Waals surface area contributed by atoms with Gasteiger partial charge in [-0.25, -0.2) is 8.42 Å². The summed E-state index contributed by atoms with van der Waals surface area (Å²) >= 11 is 0. The summed E-state index contributed by atoms with van der Waals surface area (Å²) in [5.41, 5.74) is 1.97. The summed E-state index contributed by atoms with van der Waals surface area (Å²) in [5, 5.41) is 3.10. The highest BCUT2D eigenvalue weighted by Crippen LogP contribution is 2.31. The van der Waals surface area contributed by atoms with Crippen LogP contribution in [-0.4, -0.2) is 38.3 Å². The van der Waals surface area contributed by atoms with Gasteiger partial charge in [0.2, 0.25) is 15.9 Å². The van der Waals surface area contributed by atoms with Crippen LogP contribution in [0.4, 0.5) is 0 Å². The molecule has 2 aliphatic heterocycles. The summed E-state index contributed by atoms with van der Waals surface area (Å²) in [6.45, 7) is 1.79. The molecular formula is C22H26N2O4S. The molecule has 0 spiro atoms. The first kappa shape index (κ1) is 19.9. The molecule has 1 atom stereocenters. The van der Waals surface area contributed by atoms with Crippen molar-refractivity contribution in [1.82, 2.24) is 9.62 Å². The second-order valence-electron chi connectivity index (χ2n) is 7.55. The highest BCUT2D eigenvalue weighted by molar-refractivity contribution is 7.89. The third-order valence-corrected chi connectivity index (χ3v) is 7.47. The van der Waals surface area contributed by atoms with E-state index in [0.717, 1.165) is 36.1 Å². The number of sulfonamides is 1. The Bertz CT molecular complexity index is 967. The molecule has 0 aromatic heterocycles. The Labute approximate surface area is 171 Å². The Hall–Kier alpha value is -2.38. The van der Waals surface area contributed by atoms with Crippen LogP contribution in [0.3, 0.4) is 0 Å². The lowest BCUT2D eigenvalue weighted by Gasteiger charge is -2.26. The third-order valence-electron chi connectivity index (χ3n) is 5.56. The second kappa shape index (κ2) is 8.55. The van der Waals surface area contributed by atoms with Gasteiger partial charge in [-0.2, -0.15) is 4.31 Å². The minimum Gasteiger partial charge on any atom is -0.493 e. The van der Waals surface area contributed by atoms with Crippen LogP contribution in [-0.2, 0) is 21.2 Å². The molecule has 1 saturated heterocycles.